The molecule has 0 aromatic rings. The van der Waals surface area contributed by atoms with E-state index in [9.17, 15) is 9.59 Å². The Balaban J connectivity index is 1.87. The average molecular weight is 324 g/mol. The van der Waals surface area contributed by atoms with Crippen molar-refractivity contribution in [1.29, 1.82) is 0 Å². The highest BCUT2D eigenvalue weighted by Crippen LogP contribution is 2.28. The molecule has 0 spiro atoms. The van der Waals surface area contributed by atoms with E-state index in [1.54, 1.807) is 0 Å². The summed E-state index contributed by atoms with van der Waals surface area (Å²) in [6, 6.07) is 0.0717. The van der Waals surface area contributed by atoms with Crippen LogP contribution in [0.2, 0.25) is 0 Å². The summed E-state index contributed by atoms with van der Waals surface area (Å²) in [7, 11) is 0. The van der Waals surface area contributed by atoms with Gasteiger partial charge in [0.05, 0.1) is 6.04 Å². The molecule has 3 amide bonds. The highest BCUT2D eigenvalue weighted by atomic mass is 16.2. The number of urea groups is 1. The summed E-state index contributed by atoms with van der Waals surface area (Å²) < 4.78 is 0. The Bertz CT molecular complexity index is 457. The second-order valence-corrected chi connectivity index (χ2v) is 8.66. The first-order valence-electron chi connectivity index (χ1n) is 8.63. The predicted octanol–water partition coefficient (Wildman–Crippen LogP) is 1.60. The highest BCUT2D eigenvalue weighted by molar-refractivity contribution is 5.82. The Morgan fingerprint density at radius 1 is 1.13 bits per heavy atom. The van der Waals surface area contributed by atoms with Gasteiger partial charge in [-0.1, -0.05) is 0 Å². The van der Waals surface area contributed by atoms with Gasteiger partial charge in [-0.25, -0.2) is 4.79 Å². The van der Waals surface area contributed by atoms with Crippen LogP contribution in [-0.4, -0.2) is 52.6 Å². The van der Waals surface area contributed by atoms with E-state index in [2.05, 4.69) is 43.6 Å². The lowest BCUT2D eigenvalue weighted by Gasteiger charge is -2.46. The topological polar surface area (TPSA) is 73.5 Å². The van der Waals surface area contributed by atoms with Crippen molar-refractivity contribution in [1.82, 2.24) is 20.9 Å². The number of hydrogen-bond acceptors (Lipinski definition) is 3. The third kappa shape index (κ3) is 4.83. The lowest BCUT2D eigenvalue weighted by Crippen LogP contribution is -2.63. The number of amides is 3. The third-order valence-electron chi connectivity index (χ3n) is 4.64. The van der Waals surface area contributed by atoms with Crippen LogP contribution in [0, 0.1) is 0 Å². The van der Waals surface area contributed by atoms with Crippen LogP contribution in [0.5, 0.6) is 0 Å². The van der Waals surface area contributed by atoms with Gasteiger partial charge in [0.25, 0.3) is 0 Å². The molecule has 0 aliphatic carbocycles. The first-order valence-corrected chi connectivity index (χ1v) is 8.63. The number of nitrogens with one attached hydrogen (secondary N) is 3. The van der Waals surface area contributed by atoms with Crippen molar-refractivity contribution in [2.75, 3.05) is 6.54 Å². The summed E-state index contributed by atoms with van der Waals surface area (Å²) in [5.74, 6) is 0.120. The monoisotopic (exact) mass is 324 g/mol. The molecule has 2 fully saturated rings. The van der Waals surface area contributed by atoms with E-state index in [-0.39, 0.29) is 41.1 Å². The normalized spacial score (nSPS) is 27.3. The maximum Gasteiger partial charge on any atom is 0.315 e. The fourth-order valence-corrected chi connectivity index (χ4v) is 4.16. The van der Waals surface area contributed by atoms with E-state index >= 15 is 0 Å². The van der Waals surface area contributed by atoms with Gasteiger partial charge in [-0.3, -0.25) is 4.79 Å². The average Bonchev–Trinajstić information content (AvgIpc) is 2.65. The van der Waals surface area contributed by atoms with Crippen molar-refractivity contribution in [3.8, 4) is 0 Å². The third-order valence-corrected chi connectivity index (χ3v) is 4.64. The molecule has 0 aromatic carbocycles. The molecule has 0 radical (unpaired) electrons. The quantitative estimate of drug-likeness (QED) is 0.738. The molecule has 0 saturated carbocycles. The van der Waals surface area contributed by atoms with Crippen LogP contribution in [-0.2, 0) is 4.79 Å². The van der Waals surface area contributed by atoms with Crippen LogP contribution in [0.15, 0.2) is 0 Å². The van der Waals surface area contributed by atoms with E-state index in [4.69, 9.17) is 0 Å². The van der Waals surface area contributed by atoms with Gasteiger partial charge in [-0.05, 0) is 54.4 Å². The number of hydrogen-bond donors (Lipinski definition) is 3. The van der Waals surface area contributed by atoms with Gasteiger partial charge in [-0.2, -0.15) is 0 Å². The number of likely N-dealkylation sites (tertiary alicyclic amines) is 1. The lowest BCUT2D eigenvalue weighted by atomic mass is 9.80. The molecule has 2 aliphatic rings. The Labute approximate surface area is 139 Å². The number of rotatable bonds is 3. The van der Waals surface area contributed by atoms with Gasteiger partial charge >= 0.3 is 6.03 Å². The zero-order valence-corrected chi connectivity index (χ0v) is 15.3. The molecular formula is C17H32N4O2. The molecule has 6 heteroatoms. The number of carbonyl (C=O) groups is 2. The van der Waals surface area contributed by atoms with Gasteiger partial charge in [0.2, 0.25) is 5.91 Å². The van der Waals surface area contributed by atoms with E-state index in [0.29, 0.717) is 13.0 Å². The Morgan fingerprint density at radius 2 is 1.65 bits per heavy atom. The molecule has 6 nitrogen and oxygen atoms in total. The summed E-state index contributed by atoms with van der Waals surface area (Å²) in [6.07, 6.45) is 2.19. The van der Waals surface area contributed by atoms with Gasteiger partial charge < -0.3 is 20.9 Å². The molecule has 132 valence electrons. The number of piperidine rings is 1. The minimum Gasteiger partial charge on any atom is -0.338 e. The summed E-state index contributed by atoms with van der Waals surface area (Å²) in [6.45, 7) is 13.3. The van der Waals surface area contributed by atoms with Crippen molar-refractivity contribution in [3.63, 3.8) is 0 Å². The maximum atomic E-state index is 12.3. The molecule has 2 heterocycles. The Kier molecular flexibility index (Phi) is 4.95. The van der Waals surface area contributed by atoms with Crippen LogP contribution >= 0.6 is 0 Å². The first-order chi connectivity index (χ1) is 10.5. The van der Waals surface area contributed by atoms with Gasteiger partial charge in [-0.15, -0.1) is 0 Å². The molecule has 0 aromatic heterocycles. The van der Waals surface area contributed by atoms with E-state index < -0.39 is 0 Å². The molecule has 1 unspecified atom stereocenters. The van der Waals surface area contributed by atoms with Crippen LogP contribution in [0.25, 0.3) is 0 Å². The zero-order chi connectivity index (χ0) is 17.4. The van der Waals surface area contributed by atoms with E-state index in [1.807, 2.05) is 18.7 Å². The van der Waals surface area contributed by atoms with E-state index in [0.717, 1.165) is 12.8 Å². The SMILES string of the molecule is CC(C)N1CC(NC(=O)NC2CC(C)(C)NC(C)(C)C2)CC1=O. The summed E-state index contributed by atoms with van der Waals surface area (Å²) in [5.41, 5.74) is -0.00503. The van der Waals surface area contributed by atoms with Gasteiger partial charge in [0.1, 0.15) is 0 Å². The van der Waals surface area contributed by atoms with Crippen molar-refractivity contribution < 1.29 is 9.59 Å². The second-order valence-electron chi connectivity index (χ2n) is 8.66. The summed E-state index contributed by atoms with van der Waals surface area (Å²) in [5, 5.41) is 9.67. The van der Waals surface area contributed by atoms with Gasteiger partial charge in [0, 0.05) is 36.1 Å². The molecule has 2 saturated heterocycles. The van der Waals surface area contributed by atoms with Gasteiger partial charge in [0.15, 0.2) is 0 Å². The minimum absolute atomic E-state index is 0.00252. The summed E-state index contributed by atoms with van der Waals surface area (Å²) in [4.78, 5) is 26.0. The predicted molar refractivity (Wildman–Crippen MR) is 91.2 cm³/mol. The molecule has 23 heavy (non-hydrogen) atoms. The molecule has 2 aliphatic heterocycles. The van der Waals surface area contributed by atoms with Crippen molar-refractivity contribution in [3.05, 3.63) is 0 Å². The molecular weight excluding hydrogens is 292 g/mol. The Morgan fingerprint density at radius 3 is 2.13 bits per heavy atom. The fourth-order valence-electron chi connectivity index (χ4n) is 4.16. The maximum absolute atomic E-state index is 12.3. The van der Waals surface area contributed by atoms with E-state index in [1.165, 1.54) is 0 Å². The lowest BCUT2D eigenvalue weighted by molar-refractivity contribution is -0.129. The van der Waals surface area contributed by atoms with Crippen LogP contribution in [0.1, 0.15) is 60.8 Å². The molecule has 3 N–H and O–H groups in total. The number of carbonyl (C=O) groups excluding carboxylic acids is 2. The molecule has 2 rings (SSSR count). The standard InChI is InChI=1S/C17H32N4O2/c1-11(2)21-10-12(7-14(21)22)18-15(23)19-13-8-16(3,4)20-17(5,6)9-13/h11-13,20H,7-10H2,1-6H3,(H2,18,19,23). The van der Waals surface area contributed by atoms with Crippen LogP contribution < -0.4 is 16.0 Å². The summed E-state index contributed by atoms with van der Waals surface area (Å²) >= 11 is 0. The van der Waals surface area contributed by atoms with Crippen molar-refractivity contribution in [2.45, 2.75) is 90.0 Å². The Hall–Kier alpha value is -1.30. The highest BCUT2D eigenvalue weighted by Gasteiger charge is 2.38. The van der Waals surface area contributed by atoms with Crippen LogP contribution in [0.3, 0.4) is 0 Å². The largest absolute Gasteiger partial charge is 0.338 e. The fraction of sp³-hybridized carbons (Fsp3) is 0.882. The zero-order valence-electron chi connectivity index (χ0n) is 15.3. The number of nitrogens with zero attached hydrogens (tertiary/aromatic N) is 1. The smallest absolute Gasteiger partial charge is 0.315 e. The second kappa shape index (κ2) is 6.30. The van der Waals surface area contributed by atoms with Crippen molar-refractivity contribution in [2.24, 2.45) is 0 Å². The molecule has 1 atom stereocenters. The minimum atomic E-state index is -0.160. The first kappa shape index (κ1) is 18.0. The van der Waals surface area contributed by atoms with Crippen LogP contribution in [0.4, 0.5) is 4.79 Å². The molecule has 0 bridgehead atoms. The van der Waals surface area contributed by atoms with Crippen molar-refractivity contribution >= 4 is 11.9 Å².